The maximum Gasteiger partial charge on any atom is 0.149 e. The summed E-state index contributed by atoms with van der Waals surface area (Å²) in [6, 6.07) is 9.92. The van der Waals surface area contributed by atoms with Gasteiger partial charge in [0, 0.05) is 11.4 Å². The number of ketones is 1. The average molecular weight is 309 g/mol. The third-order valence-corrected chi connectivity index (χ3v) is 4.52. The molecule has 0 atom stereocenters. The van der Waals surface area contributed by atoms with Crippen molar-refractivity contribution in [3.8, 4) is 0 Å². The van der Waals surface area contributed by atoms with Crippen LogP contribution < -0.4 is 0 Å². The molecule has 0 aliphatic rings. The number of hydrogen-bond donors (Lipinski definition) is 0. The predicted molar refractivity (Wildman–Crippen MR) is 83.5 cm³/mol. The number of halogens is 1. The number of aromatic nitrogens is 2. The zero-order valence-electron chi connectivity index (χ0n) is 11.6. The largest absolute Gasteiger partial charge is 0.298 e. The maximum atomic E-state index is 12.1. The average Bonchev–Trinajstić information content (AvgIpc) is 2.74. The van der Waals surface area contributed by atoms with E-state index in [1.54, 1.807) is 11.8 Å². The van der Waals surface area contributed by atoms with Crippen LogP contribution in [0.3, 0.4) is 0 Å². The highest BCUT2D eigenvalue weighted by molar-refractivity contribution is 8.00. The minimum Gasteiger partial charge on any atom is -0.298 e. The van der Waals surface area contributed by atoms with Gasteiger partial charge < -0.3 is 0 Å². The summed E-state index contributed by atoms with van der Waals surface area (Å²) in [5.74, 6) is 0.615. The van der Waals surface area contributed by atoms with Gasteiger partial charge in [0.2, 0.25) is 0 Å². The molecule has 0 aliphatic carbocycles. The van der Waals surface area contributed by atoms with Gasteiger partial charge in [0.05, 0.1) is 28.6 Å². The van der Waals surface area contributed by atoms with Gasteiger partial charge in [-0.15, -0.1) is 11.8 Å². The summed E-state index contributed by atoms with van der Waals surface area (Å²) in [6.07, 6.45) is 0.341. The summed E-state index contributed by atoms with van der Waals surface area (Å²) in [5, 5.41) is 4.94. The lowest BCUT2D eigenvalue weighted by atomic mass is 10.2. The van der Waals surface area contributed by atoms with Crippen molar-refractivity contribution < 1.29 is 4.79 Å². The van der Waals surface area contributed by atoms with E-state index in [0.29, 0.717) is 17.2 Å². The van der Waals surface area contributed by atoms with Crippen LogP contribution in [-0.2, 0) is 17.8 Å². The van der Waals surface area contributed by atoms with Crippen LogP contribution in [0.2, 0.25) is 5.02 Å². The molecular formula is C15H17ClN2OS. The lowest BCUT2D eigenvalue weighted by molar-refractivity contribution is -0.116. The van der Waals surface area contributed by atoms with E-state index in [1.807, 2.05) is 48.9 Å². The van der Waals surface area contributed by atoms with Crippen LogP contribution in [0.5, 0.6) is 0 Å². The lowest BCUT2D eigenvalue weighted by Gasteiger charge is -2.05. The van der Waals surface area contributed by atoms with Crippen LogP contribution in [0.4, 0.5) is 0 Å². The topological polar surface area (TPSA) is 34.9 Å². The minimum atomic E-state index is 0.162. The number of benzene rings is 1. The Morgan fingerprint density at radius 2 is 2.05 bits per heavy atom. The predicted octanol–water partition coefficient (Wildman–Crippen LogP) is 3.77. The van der Waals surface area contributed by atoms with Gasteiger partial charge in [-0.25, -0.2) is 0 Å². The van der Waals surface area contributed by atoms with Crippen molar-refractivity contribution in [2.75, 3.05) is 5.75 Å². The van der Waals surface area contributed by atoms with Crippen molar-refractivity contribution in [1.29, 1.82) is 0 Å². The Morgan fingerprint density at radius 1 is 1.35 bits per heavy atom. The number of thioether (sulfide) groups is 1. The molecule has 2 rings (SSSR count). The molecular weight excluding hydrogens is 292 g/mol. The first-order valence-electron chi connectivity index (χ1n) is 6.53. The first-order valence-corrected chi connectivity index (χ1v) is 7.89. The van der Waals surface area contributed by atoms with E-state index in [2.05, 4.69) is 5.10 Å². The second kappa shape index (κ2) is 6.95. The molecule has 0 spiro atoms. The normalized spacial score (nSPS) is 10.8. The van der Waals surface area contributed by atoms with Gasteiger partial charge in [0.15, 0.2) is 0 Å². The molecule has 106 valence electrons. The van der Waals surface area contributed by atoms with E-state index in [9.17, 15) is 4.79 Å². The third kappa shape index (κ3) is 3.64. The summed E-state index contributed by atoms with van der Waals surface area (Å²) in [6.45, 7) is 4.58. The fourth-order valence-electron chi connectivity index (χ4n) is 1.96. The lowest BCUT2D eigenvalue weighted by Crippen LogP contribution is -2.11. The van der Waals surface area contributed by atoms with Gasteiger partial charge in [-0.3, -0.25) is 9.48 Å². The highest BCUT2D eigenvalue weighted by Gasteiger charge is 2.15. The van der Waals surface area contributed by atoms with Gasteiger partial charge in [0.1, 0.15) is 5.78 Å². The summed E-state index contributed by atoms with van der Waals surface area (Å²) in [7, 11) is 0. The zero-order chi connectivity index (χ0) is 14.5. The van der Waals surface area contributed by atoms with E-state index in [-0.39, 0.29) is 5.78 Å². The van der Waals surface area contributed by atoms with Gasteiger partial charge >= 0.3 is 0 Å². The van der Waals surface area contributed by atoms with E-state index < -0.39 is 0 Å². The first kappa shape index (κ1) is 15.1. The quantitative estimate of drug-likeness (QED) is 0.762. The molecule has 0 unspecified atom stereocenters. The molecule has 0 amide bonds. The Balaban J connectivity index is 1.98. The smallest absolute Gasteiger partial charge is 0.149 e. The number of carbonyl (C=O) groups excluding carboxylic acids is 1. The molecule has 0 bridgehead atoms. The maximum absolute atomic E-state index is 12.1. The Bertz CT molecular complexity index is 595. The first-order chi connectivity index (χ1) is 9.61. The second-order valence-electron chi connectivity index (χ2n) is 4.48. The molecule has 0 radical (unpaired) electrons. The molecule has 0 aliphatic heterocycles. The summed E-state index contributed by atoms with van der Waals surface area (Å²) < 4.78 is 1.81. The molecule has 1 aromatic heterocycles. The van der Waals surface area contributed by atoms with Gasteiger partial charge in [-0.2, -0.15) is 5.10 Å². The number of Topliss-reactive ketones (excluding diaryl/α,β-unsaturated/α-hetero) is 1. The van der Waals surface area contributed by atoms with E-state index in [1.165, 1.54) is 0 Å². The second-order valence-corrected chi connectivity index (χ2v) is 5.91. The van der Waals surface area contributed by atoms with Gasteiger partial charge in [-0.05, 0) is 26.0 Å². The number of aryl methyl sites for hydroxylation is 2. The highest BCUT2D eigenvalue weighted by atomic mass is 35.5. The molecule has 20 heavy (non-hydrogen) atoms. The SMILES string of the molecule is CCn1nc(C)c(Cl)c1CC(=O)CSc1ccccc1. The molecule has 0 fully saturated rings. The zero-order valence-corrected chi connectivity index (χ0v) is 13.2. The summed E-state index contributed by atoms with van der Waals surface area (Å²) in [4.78, 5) is 13.2. The van der Waals surface area contributed by atoms with Crippen LogP contribution >= 0.6 is 23.4 Å². The van der Waals surface area contributed by atoms with Crippen molar-refractivity contribution in [2.24, 2.45) is 0 Å². The number of nitrogens with zero attached hydrogens (tertiary/aromatic N) is 2. The highest BCUT2D eigenvalue weighted by Crippen LogP contribution is 2.22. The van der Waals surface area contributed by atoms with Gasteiger partial charge in [0.25, 0.3) is 0 Å². The molecule has 1 aromatic carbocycles. The molecule has 0 saturated heterocycles. The van der Waals surface area contributed by atoms with Crippen LogP contribution in [-0.4, -0.2) is 21.3 Å². The van der Waals surface area contributed by atoms with Crippen molar-refractivity contribution >= 4 is 29.1 Å². The van der Waals surface area contributed by atoms with Crippen molar-refractivity contribution in [3.63, 3.8) is 0 Å². The Kier molecular flexibility index (Phi) is 5.26. The molecule has 3 nitrogen and oxygen atoms in total. The molecule has 5 heteroatoms. The Hall–Kier alpha value is -1.26. The summed E-state index contributed by atoms with van der Waals surface area (Å²) in [5.41, 5.74) is 1.61. The van der Waals surface area contributed by atoms with Crippen LogP contribution in [0.1, 0.15) is 18.3 Å². The van der Waals surface area contributed by atoms with Crippen molar-refractivity contribution in [1.82, 2.24) is 9.78 Å². The third-order valence-electron chi connectivity index (χ3n) is 2.96. The van der Waals surface area contributed by atoms with Crippen LogP contribution in [0, 0.1) is 6.92 Å². The minimum absolute atomic E-state index is 0.162. The van der Waals surface area contributed by atoms with Crippen molar-refractivity contribution in [3.05, 3.63) is 46.7 Å². The summed E-state index contributed by atoms with van der Waals surface area (Å²) >= 11 is 7.76. The van der Waals surface area contributed by atoms with E-state index in [0.717, 1.165) is 22.8 Å². The number of carbonyl (C=O) groups is 1. The van der Waals surface area contributed by atoms with Crippen LogP contribution in [0.25, 0.3) is 0 Å². The van der Waals surface area contributed by atoms with E-state index >= 15 is 0 Å². The standard InChI is InChI=1S/C15H17ClN2OS/c1-3-18-14(15(16)11(2)17-18)9-12(19)10-20-13-7-5-4-6-8-13/h4-8H,3,9-10H2,1-2H3. The molecule has 2 aromatic rings. The number of rotatable bonds is 6. The van der Waals surface area contributed by atoms with Crippen molar-refractivity contribution in [2.45, 2.75) is 31.7 Å². The fourth-order valence-corrected chi connectivity index (χ4v) is 2.94. The Morgan fingerprint density at radius 3 is 2.70 bits per heavy atom. The van der Waals surface area contributed by atoms with Crippen LogP contribution in [0.15, 0.2) is 35.2 Å². The molecule has 0 N–H and O–H groups in total. The molecule has 0 saturated carbocycles. The monoisotopic (exact) mass is 308 g/mol. The molecule has 1 heterocycles. The van der Waals surface area contributed by atoms with Gasteiger partial charge in [-0.1, -0.05) is 29.8 Å². The number of hydrogen-bond acceptors (Lipinski definition) is 3. The fraction of sp³-hybridized carbons (Fsp3) is 0.333. The van der Waals surface area contributed by atoms with E-state index in [4.69, 9.17) is 11.6 Å². The Labute approximate surface area is 128 Å².